The number of benzene rings is 3. The molecular weight excluding hydrogens is 486 g/mol. The molecule has 1 aromatic heterocycles. The molecule has 4 rings (SSSR count). The lowest BCUT2D eigenvalue weighted by Crippen LogP contribution is -2.19. The number of aliphatic hydroxyl groups is 1. The Morgan fingerprint density at radius 2 is 1.54 bits per heavy atom. The molecule has 0 amide bonds. The van der Waals surface area contributed by atoms with Gasteiger partial charge in [0.25, 0.3) is 0 Å². The number of fused-ring (bicyclic) bond motifs is 1. The van der Waals surface area contributed by atoms with E-state index >= 15 is 0 Å². The molecule has 4 aromatic rings. The molecule has 0 aliphatic rings. The number of ether oxygens (including phenoxy) is 2. The van der Waals surface area contributed by atoms with Gasteiger partial charge in [0.05, 0.1) is 18.8 Å². The van der Waals surface area contributed by atoms with Crippen LogP contribution < -0.4 is 9.47 Å². The van der Waals surface area contributed by atoms with Crippen molar-refractivity contribution in [2.24, 2.45) is 7.05 Å². The van der Waals surface area contributed by atoms with Crippen molar-refractivity contribution in [3.05, 3.63) is 89.6 Å². The van der Waals surface area contributed by atoms with E-state index in [1.807, 2.05) is 56.3 Å². The number of methoxy groups -OCH3 is 1. The van der Waals surface area contributed by atoms with Crippen molar-refractivity contribution in [2.75, 3.05) is 41.0 Å². The zero-order chi connectivity index (χ0) is 25.5. The van der Waals surface area contributed by atoms with Gasteiger partial charge in [-0.1, -0.05) is 36.4 Å². The Morgan fingerprint density at radius 1 is 0.919 bits per heavy atom. The number of rotatable bonds is 11. The summed E-state index contributed by atoms with van der Waals surface area (Å²) in [6, 6.07) is 22.9. The number of aliphatic hydroxyl groups excluding tert-OH is 1. The van der Waals surface area contributed by atoms with Crippen molar-refractivity contribution in [3.63, 3.8) is 0 Å². The topological polar surface area (TPSA) is 59.8 Å². The van der Waals surface area contributed by atoms with E-state index in [4.69, 9.17) is 9.47 Å². The van der Waals surface area contributed by atoms with Crippen LogP contribution in [0.5, 0.6) is 11.5 Å². The van der Waals surface area contributed by atoms with Gasteiger partial charge in [-0.2, -0.15) is 5.10 Å². The second-order valence-corrected chi connectivity index (χ2v) is 9.13. The van der Waals surface area contributed by atoms with Gasteiger partial charge < -0.3 is 19.5 Å². The number of nitrogens with zero attached hydrogens (tertiary/aromatic N) is 3. The number of aromatic nitrogens is 2. The largest absolute Gasteiger partial charge is 0.497 e. The third-order valence-corrected chi connectivity index (χ3v) is 6.31. The Morgan fingerprint density at radius 3 is 2.14 bits per heavy atom. The first-order chi connectivity index (χ1) is 17.5. The number of allylic oxidation sites excluding steroid dienone is 1. The van der Waals surface area contributed by atoms with E-state index in [0.29, 0.717) is 13.0 Å². The van der Waals surface area contributed by atoms with E-state index < -0.39 is 0 Å². The number of hydrogen-bond acceptors (Lipinski definition) is 5. The van der Waals surface area contributed by atoms with Gasteiger partial charge in [0, 0.05) is 25.6 Å². The second-order valence-electron chi connectivity index (χ2n) is 9.13. The minimum absolute atomic E-state index is 0. The van der Waals surface area contributed by atoms with Gasteiger partial charge in [0.1, 0.15) is 18.1 Å². The molecule has 0 bridgehead atoms. The van der Waals surface area contributed by atoms with E-state index in [0.717, 1.165) is 57.6 Å². The Labute approximate surface area is 225 Å². The molecule has 0 atom stereocenters. The van der Waals surface area contributed by atoms with Gasteiger partial charge in [0.2, 0.25) is 0 Å². The SMILES string of the molecule is COc1ccc(/C(=C(\CCCO)c2ccc3cnn(C)c3c2)c2ccc(OCCN(C)C)cc2)cc1.Cl. The molecule has 0 radical (unpaired) electrons. The number of halogens is 1. The normalized spacial score (nSPS) is 11.8. The molecule has 0 aliphatic carbocycles. The fourth-order valence-corrected chi connectivity index (χ4v) is 4.34. The van der Waals surface area contributed by atoms with Gasteiger partial charge >= 0.3 is 0 Å². The molecule has 0 saturated heterocycles. The van der Waals surface area contributed by atoms with Crippen LogP contribution in [0.3, 0.4) is 0 Å². The maximum atomic E-state index is 9.72. The number of hydrogen-bond donors (Lipinski definition) is 1. The first kappa shape index (κ1) is 28.3. The van der Waals surface area contributed by atoms with Gasteiger partial charge in [0.15, 0.2) is 0 Å². The highest BCUT2D eigenvalue weighted by molar-refractivity contribution is 6.00. The van der Waals surface area contributed by atoms with Crippen LogP contribution in [0.4, 0.5) is 0 Å². The second kappa shape index (κ2) is 13.3. The molecule has 196 valence electrons. The summed E-state index contributed by atoms with van der Waals surface area (Å²) in [5.41, 5.74) is 6.70. The van der Waals surface area contributed by atoms with E-state index in [-0.39, 0.29) is 19.0 Å². The summed E-state index contributed by atoms with van der Waals surface area (Å²) < 4.78 is 13.2. The highest BCUT2D eigenvalue weighted by Gasteiger charge is 2.16. The van der Waals surface area contributed by atoms with Crippen LogP contribution in [0, 0.1) is 0 Å². The molecule has 1 N–H and O–H groups in total. The van der Waals surface area contributed by atoms with Crippen molar-refractivity contribution >= 4 is 34.5 Å². The lowest BCUT2D eigenvalue weighted by molar-refractivity contribution is 0.261. The molecule has 6 nitrogen and oxygen atoms in total. The smallest absolute Gasteiger partial charge is 0.119 e. The molecule has 7 heteroatoms. The predicted octanol–water partition coefficient (Wildman–Crippen LogP) is 5.68. The van der Waals surface area contributed by atoms with Crippen LogP contribution in [-0.4, -0.2) is 60.8 Å². The van der Waals surface area contributed by atoms with Crippen LogP contribution in [0.1, 0.15) is 29.5 Å². The fraction of sp³-hybridized carbons (Fsp3) is 0.300. The van der Waals surface area contributed by atoms with E-state index in [1.54, 1.807) is 7.11 Å². The maximum absolute atomic E-state index is 9.72. The predicted molar refractivity (Wildman–Crippen MR) is 154 cm³/mol. The summed E-state index contributed by atoms with van der Waals surface area (Å²) in [5.74, 6) is 1.67. The summed E-state index contributed by atoms with van der Waals surface area (Å²) in [6.45, 7) is 1.63. The van der Waals surface area contributed by atoms with Crippen LogP contribution in [-0.2, 0) is 7.05 Å². The number of aryl methyl sites for hydroxylation is 1. The van der Waals surface area contributed by atoms with Crippen molar-refractivity contribution in [2.45, 2.75) is 12.8 Å². The molecule has 1 heterocycles. The molecule has 37 heavy (non-hydrogen) atoms. The molecule has 0 aliphatic heterocycles. The molecule has 0 unspecified atom stereocenters. The minimum Gasteiger partial charge on any atom is -0.497 e. The summed E-state index contributed by atoms with van der Waals surface area (Å²) in [7, 11) is 7.71. The van der Waals surface area contributed by atoms with Crippen molar-refractivity contribution in [3.8, 4) is 11.5 Å². The van der Waals surface area contributed by atoms with E-state index in [9.17, 15) is 5.11 Å². The Kier molecular flexibility index (Phi) is 10.1. The highest BCUT2D eigenvalue weighted by Crippen LogP contribution is 2.37. The monoisotopic (exact) mass is 521 g/mol. The summed E-state index contributed by atoms with van der Waals surface area (Å²) in [6.07, 6.45) is 3.29. The Hall–Kier alpha value is -3.32. The molecule has 0 saturated carbocycles. The average molecular weight is 522 g/mol. The van der Waals surface area contributed by atoms with E-state index in [2.05, 4.69) is 52.5 Å². The summed E-state index contributed by atoms with van der Waals surface area (Å²) in [4.78, 5) is 2.10. The zero-order valence-electron chi connectivity index (χ0n) is 22.0. The molecule has 3 aromatic carbocycles. The summed E-state index contributed by atoms with van der Waals surface area (Å²) >= 11 is 0. The summed E-state index contributed by atoms with van der Waals surface area (Å²) in [5, 5.41) is 15.2. The average Bonchev–Trinajstić information content (AvgIpc) is 3.27. The van der Waals surface area contributed by atoms with Gasteiger partial charge in [-0.3, -0.25) is 4.68 Å². The third-order valence-electron chi connectivity index (χ3n) is 6.31. The first-order valence-corrected chi connectivity index (χ1v) is 12.3. The zero-order valence-corrected chi connectivity index (χ0v) is 22.8. The molecular formula is C30H36ClN3O3. The van der Waals surface area contributed by atoms with Crippen LogP contribution in [0.25, 0.3) is 22.0 Å². The highest BCUT2D eigenvalue weighted by atomic mass is 35.5. The van der Waals surface area contributed by atoms with Crippen LogP contribution >= 0.6 is 12.4 Å². The fourth-order valence-electron chi connectivity index (χ4n) is 4.34. The standard InChI is InChI=1S/C30H35N3O3.ClH/c1-32(2)17-19-36-27-15-11-23(12-16-27)30(22-9-13-26(35-4)14-10-22)28(6-5-18-34)24-7-8-25-21-31-33(3)29(25)20-24;/h7-16,20-21,34H,5-6,17-19H2,1-4H3;1H/b30-28-;. The van der Waals surface area contributed by atoms with Crippen LogP contribution in [0.2, 0.25) is 0 Å². The van der Waals surface area contributed by atoms with Crippen molar-refractivity contribution in [1.82, 2.24) is 14.7 Å². The Balaban J connectivity index is 0.00000380. The third kappa shape index (κ3) is 6.92. The van der Waals surface area contributed by atoms with Gasteiger partial charge in [-0.25, -0.2) is 0 Å². The van der Waals surface area contributed by atoms with Crippen LogP contribution in [0.15, 0.2) is 72.9 Å². The first-order valence-electron chi connectivity index (χ1n) is 12.3. The van der Waals surface area contributed by atoms with Gasteiger partial charge in [-0.15, -0.1) is 12.4 Å². The maximum Gasteiger partial charge on any atom is 0.119 e. The molecule has 0 fully saturated rings. The minimum atomic E-state index is 0. The van der Waals surface area contributed by atoms with Gasteiger partial charge in [-0.05, 0) is 85.1 Å². The van der Waals surface area contributed by atoms with Crippen molar-refractivity contribution < 1.29 is 14.6 Å². The number of likely N-dealkylation sites (N-methyl/N-ethyl adjacent to an activating group) is 1. The molecule has 0 spiro atoms. The van der Waals surface area contributed by atoms with E-state index in [1.165, 1.54) is 5.57 Å². The quantitative estimate of drug-likeness (QED) is 0.257. The van der Waals surface area contributed by atoms with Crippen molar-refractivity contribution in [1.29, 1.82) is 0 Å². The Bertz CT molecular complexity index is 1310. The lowest BCUT2D eigenvalue weighted by Gasteiger charge is -2.18. The lowest BCUT2D eigenvalue weighted by atomic mass is 9.87.